The smallest absolute Gasteiger partial charge is 0.150 e. The fourth-order valence-electron chi connectivity index (χ4n) is 1.42. The highest BCUT2D eigenvalue weighted by Crippen LogP contribution is 2.19. The number of rotatable bonds is 2. The molecule has 0 spiro atoms. The highest BCUT2D eigenvalue weighted by molar-refractivity contribution is 5.75. The predicted octanol–water partition coefficient (Wildman–Crippen LogP) is 2.93. The number of carbonyl (C=O) groups is 1. The van der Waals surface area contributed by atoms with E-state index in [1.807, 2.05) is 25.1 Å². The van der Waals surface area contributed by atoms with Crippen molar-refractivity contribution in [2.45, 2.75) is 26.7 Å². The lowest BCUT2D eigenvalue weighted by molar-refractivity contribution is 0.112. The Morgan fingerprint density at radius 1 is 1.33 bits per heavy atom. The minimum absolute atomic E-state index is 0.533. The summed E-state index contributed by atoms with van der Waals surface area (Å²) in [6, 6.07) is 5.83. The van der Waals surface area contributed by atoms with Gasteiger partial charge in [0.1, 0.15) is 6.29 Å². The van der Waals surface area contributed by atoms with Gasteiger partial charge in [0.15, 0.2) is 0 Å². The first kappa shape index (κ1) is 8.98. The van der Waals surface area contributed by atoms with E-state index in [9.17, 15) is 4.79 Å². The van der Waals surface area contributed by atoms with Gasteiger partial charge in [0, 0.05) is 5.56 Å². The number of aryl methyl sites for hydroxylation is 1. The Hall–Kier alpha value is -1.11. The SMILES string of the molecule is Cc1cc(C=O)ccc1C(C)C. The van der Waals surface area contributed by atoms with E-state index in [4.69, 9.17) is 0 Å². The van der Waals surface area contributed by atoms with Crippen molar-refractivity contribution in [2.75, 3.05) is 0 Å². The maximum absolute atomic E-state index is 10.4. The molecule has 1 aromatic rings. The van der Waals surface area contributed by atoms with E-state index >= 15 is 0 Å². The maximum atomic E-state index is 10.4. The Balaban J connectivity index is 3.11. The van der Waals surface area contributed by atoms with Crippen molar-refractivity contribution in [2.24, 2.45) is 0 Å². The molecule has 12 heavy (non-hydrogen) atoms. The lowest BCUT2D eigenvalue weighted by Crippen LogP contribution is -1.93. The van der Waals surface area contributed by atoms with Gasteiger partial charge in [-0.15, -0.1) is 0 Å². The largest absolute Gasteiger partial charge is 0.298 e. The number of carbonyl (C=O) groups excluding carboxylic acids is 1. The van der Waals surface area contributed by atoms with Crippen LogP contribution in [0.3, 0.4) is 0 Å². The Kier molecular flexibility index (Phi) is 2.64. The summed E-state index contributed by atoms with van der Waals surface area (Å²) in [6.45, 7) is 6.36. The van der Waals surface area contributed by atoms with Crippen LogP contribution < -0.4 is 0 Å². The Labute approximate surface area is 73.4 Å². The number of aldehydes is 1. The molecule has 0 unspecified atom stereocenters. The molecule has 0 saturated carbocycles. The van der Waals surface area contributed by atoms with Crippen LogP contribution in [0.2, 0.25) is 0 Å². The van der Waals surface area contributed by atoms with Crippen LogP contribution in [0, 0.1) is 6.92 Å². The average molecular weight is 162 g/mol. The number of hydrogen-bond donors (Lipinski definition) is 0. The standard InChI is InChI=1S/C11H14O/c1-8(2)11-5-4-10(7-12)6-9(11)3/h4-8H,1-3H3. The first-order valence-corrected chi connectivity index (χ1v) is 4.21. The second-order valence-electron chi connectivity index (χ2n) is 3.39. The monoisotopic (exact) mass is 162 g/mol. The molecule has 64 valence electrons. The molecule has 1 heteroatoms. The van der Waals surface area contributed by atoms with Gasteiger partial charge in [-0.3, -0.25) is 4.79 Å². The highest BCUT2D eigenvalue weighted by Gasteiger charge is 2.02. The summed E-state index contributed by atoms with van der Waals surface area (Å²) in [6.07, 6.45) is 0.886. The van der Waals surface area contributed by atoms with Gasteiger partial charge in [-0.2, -0.15) is 0 Å². The molecule has 0 fully saturated rings. The van der Waals surface area contributed by atoms with E-state index < -0.39 is 0 Å². The number of hydrogen-bond acceptors (Lipinski definition) is 1. The molecule has 0 atom stereocenters. The zero-order valence-corrected chi connectivity index (χ0v) is 7.79. The summed E-state index contributed by atoms with van der Waals surface area (Å²) in [4.78, 5) is 10.4. The summed E-state index contributed by atoms with van der Waals surface area (Å²) in [5.41, 5.74) is 3.28. The Morgan fingerprint density at radius 2 is 2.00 bits per heavy atom. The Morgan fingerprint density at radius 3 is 2.42 bits per heavy atom. The van der Waals surface area contributed by atoms with Gasteiger partial charge in [0.2, 0.25) is 0 Å². The van der Waals surface area contributed by atoms with Gasteiger partial charge in [0.25, 0.3) is 0 Å². The van der Waals surface area contributed by atoms with Crippen molar-refractivity contribution in [1.82, 2.24) is 0 Å². The van der Waals surface area contributed by atoms with E-state index in [1.165, 1.54) is 11.1 Å². The molecule has 0 aliphatic heterocycles. The molecule has 0 amide bonds. The van der Waals surface area contributed by atoms with E-state index in [1.54, 1.807) is 0 Å². The van der Waals surface area contributed by atoms with E-state index in [0.717, 1.165) is 11.8 Å². The maximum Gasteiger partial charge on any atom is 0.150 e. The summed E-state index contributed by atoms with van der Waals surface area (Å²) in [5, 5.41) is 0. The lowest BCUT2D eigenvalue weighted by Gasteiger charge is -2.08. The first-order valence-electron chi connectivity index (χ1n) is 4.21. The molecule has 1 aromatic carbocycles. The van der Waals surface area contributed by atoms with E-state index in [0.29, 0.717) is 5.92 Å². The lowest BCUT2D eigenvalue weighted by atomic mass is 9.97. The fraction of sp³-hybridized carbons (Fsp3) is 0.364. The molecule has 0 aromatic heterocycles. The third kappa shape index (κ3) is 1.73. The van der Waals surface area contributed by atoms with Gasteiger partial charge in [0.05, 0.1) is 0 Å². The molecule has 0 aliphatic rings. The molecule has 0 saturated heterocycles. The van der Waals surface area contributed by atoms with Crippen LogP contribution in [0.15, 0.2) is 18.2 Å². The minimum Gasteiger partial charge on any atom is -0.298 e. The van der Waals surface area contributed by atoms with Crippen molar-refractivity contribution >= 4 is 6.29 Å². The van der Waals surface area contributed by atoms with Crippen LogP contribution in [-0.2, 0) is 0 Å². The summed E-state index contributed by atoms with van der Waals surface area (Å²) >= 11 is 0. The molecular weight excluding hydrogens is 148 g/mol. The highest BCUT2D eigenvalue weighted by atomic mass is 16.1. The van der Waals surface area contributed by atoms with Crippen LogP contribution in [0.4, 0.5) is 0 Å². The van der Waals surface area contributed by atoms with Crippen LogP contribution >= 0.6 is 0 Å². The van der Waals surface area contributed by atoms with Crippen molar-refractivity contribution in [3.05, 3.63) is 34.9 Å². The second kappa shape index (κ2) is 3.53. The third-order valence-corrected chi connectivity index (χ3v) is 2.05. The second-order valence-corrected chi connectivity index (χ2v) is 3.39. The topological polar surface area (TPSA) is 17.1 Å². The van der Waals surface area contributed by atoms with Gasteiger partial charge < -0.3 is 0 Å². The Bertz CT molecular complexity index is 287. The van der Waals surface area contributed by atoms with Crippen molar-refractivity contribution in [1.29, 1.82) is 0 Å². The molecule has 0 radical (unpaired) electrons. The van der Waals surface area contributed by atoms with Crippen molar-refractivity contribution < 1.29 is 4.79 Å². The van der Waals surface area contributed by atoms with E-state index in [2.05, 4.69) is 13.8 Å². The van der Waals surface area contributed by atoms with Gasteiger partial charge in [-0.1, -0.05) is 26.0 Å². The summed E-state index contributed by atoms with van der Waals surface area (Å²) < 4.78 is 0. The van der Waals surface area contributed by atoms with Gasteiger partial charge in [-0.25, -0.2) is 0 Å². The van der Waals surface area contributed by atoms with Crippen LogP contribution in [0.1, 0.15) is 41.3 Å². The molecule has 0 aliphatic carbocycles. The summed E-state index contributed by atoms with van der Waals surface area (Å²) in [5.74, 6) is 0.533. The van der Waals surface area contributed by atoms with Crippen LogP contribution in [0.25, 0.3) is 0 Å². The predicted molar refractivity (Wildman–Crippen MR) is 50.7 cm³/mol. The van der Waals surface area contributed by atoms with Crippen LogP contribution in [0.5, 0.6) is 0 Å². The van der Waals surface area contributed by atoms with Crippen LogP contribution in [-0.4, -0.2) is 6.29 Å². The molecule has 0 heterocycles. The zero-order chi connectivity index (χ0) is 9.14. The fourth-order valence-corrected chi connectivity index (χ4v) is 1.42. The molecular formula is C11H14O. The normalized spacial score (nSPS) is 10.3. The average Bonchev–Trinajstić information content (AvgIpc) is 2.03. The van der Waals surface area contributed by atoms with Gasteiger partial charge >= 0.3 is 0 Å². The van der Waals surface area contributed by atoms with Crippen molar-refractivity contribution in [3.63, 3.8) is 0 Å². The molecule has 1 nitrogen and oxygen atoms in total. The van der Waals surface area contributed by atoms with Crippen molar-refractivity contribution in [3.8, 4) is 0 Å². The quantitative estimate of drug-likeness (QED) is 0.611. The molecule has 0 N–H and O–H groups in total. The number of benzene rings is 1. The zero-order valence-electron chi connectivity index (χ0n) is 7.79. The minimum atomic E-state index is 0.533. The molecule has 0 bridgehead atoms. The van der Waals surface area contributed by atoms with E-state index in [-0.39, 0.29) is 0 Å². The summed E-state index contributed by atoms with van der Waals surface area (Å²) in [7, 11) is 0. The third-order valence-electron chi connectivity index (χ3n) is 2.05. The van der Waals surface area contributed by atoms with Gasteiger partial charge in [-0.05, 0) is 30.0 Å². The molecule has 1 rings (SSSR count). The first-order chi connectivity index (χ1) is 5.65.